The lowest BCUT2D eigenvalue weighted by atomic mass is 10.0. The van der Waals surface area contributed by atoms with Crippen molar-refractivity contribution in [1.29, 1.82) is 0 Å². The van der Waals surface area contributed by atoms with Gasteiger partial charge in [0.05, 0.1) is 33.3 Å². The second kappa shape index (κ2) is 14.9. The van der Waals surface area contributed by atoms with E-state index in [2.05, 4.69) is 0 Å². The number of nitrogen functional groups attached to an aromatic ring is 1. The summed E-state index contributed by atoms with van der Waals surface area (Å²) in [6.07, 6.45) is 1.15. The van der Waals surface area contributed by atoms with E-state index in [0.29, 0.717) is 31.5 Å². The number of aldehydes is 1. The minimum absolute atomic E-state index is 0.0455. The largest absolute Gasteiger partial charge is 0.480 e. The van der Waals surface area contributed by atoms with Gasteiger partial charge >= 0.3 is 17.9 Å². The summed E-state index contributed by atoms with van der Waals surface area (Å²) in [6, 6.07) is 7.10. The number of methoxy groups -OCH3 is 1. The summed E-state index contributed by atoms with van der Waals surface area (Å²) in [5.41, 5.74) is 7.37. The first-order valence-corrected chi connectivity index (χ1v) is 10.7. The van der Waals surface area contributed by atoms with Gasteiger partial charge in [-0.3, -0.25) is 29.1 Å². The van der Waals surface area contributed by atoms with Crippen LogP contribution < -0.4 is 5.73 Å². The van der Waals surface area contributed by atoms with Crippen molar-refractivity contribution in [2.24, 2.45) is 0 Å². The van der Waals surface area contributed by atoms with Crippen LogP contribution in [-0.2, 0) is 30.3 Å². The maximum atomic E-state index is 12.0. The number of rotatable bonds is 17. The zero-order valence-electron chi connectivity index (χ0n) is 19.2. The van der Waals surface area contributed by atoms with Crippen molar-refractivity contribution in [2.75, 3.05) is 65.2 Å². The zero-order chi connectivity index (χ0) is 24.8. The fraction of sp³-hybridized carbons (Fsp3) is 0.545. The SMILES string of the molecule is CCN(CC(=O)OC)C(Cc1ccc(N)cc1)CN(CCN(CC=O)CC(=O)O)CC(=O)O. The molecule has 4 N–H and O–H groups in total. The molecule has 0 aliphatic rings. The normalized spacial score (nSPS) is 12.2. The molecule has 0 saturated carbocycles. The Morgan fingerprint density at radius 1 is 1.03 bits per heavy atom. The molecule has 0 aromatic heterocycles. The van der Waals surface area contributed by atoms with E-state index in [1.807, 2.05) is 24.0 Å². The molecular formula is C22H34N4O7. The summed E-state index contributed by atoms with van der Waals surface area (Å²) in [5.74, 6) is -2.50. The smallest absolute Gasteiger partial charge is 0.319 e. The van der Waals surface area contributed by atoms with Crippen molar-refractivity contribution in [1.82, 2.24) is 14.7 Å². The molecule has 0 aliphatic carbocycles. The van der Waals surface area contributed by atoms with Gasteiger partial charge in [0.25, 0.3) is 0 Å². The van der Waals surface area contributed by atoms with Gasteiger partial charge in [-0.05, 0) is 30.7 Å². The number of carbonyl (C=O) groups excluding carboxylic acids is 2. The second-order valence-electron chi connectivity index (χ2n) is 7.66. The molecule has 1 atom stereocenters. The number of hydrogen-bond donors (Lipinski definition) is 3. The van der Waals surface area contributed by atoms with Crippen LogP contribution in [0.3, 0.4) is 0 Å². The number of ether oxygens (including phenoxy) is 1. The first-order chi connectivity index (χ1) is 15.7. The molecule has 0 radical (unpaired) electrons. The minimum Gasteiger partial charge on any atom is -0.480 e. The highest BCUT2D eigenvalue weighted by Gasteiger charge is 2.25. The Hall–Kier alpha value is -3.02. The minimum atomic E-state index is -1.07. The Bertz CT molecular complexity index is 773. The van der Waals surface area contributed by atoms with Crippen molar-refractivity contribution in [3.05, 3.63) is 29.8 Å². The maximum absolute atomic E-state index is 12.0. The Balaban J connectivity index is 3.06. The average Bonchev–Trinajstić information content (AvgIpc) is 2.75. The van der Waals surface area contributed by atoms with Crippen molar-refractivity contribution in [3.63, 3.8) is 0 Å². The number of esters is 1. The van der Waals surface area contributed by atoms with Crippen LogP contribution in [0.1, 0.15) is 12.5 Å². The molecule has 0 saturated heterocycles. The fourth-order valence-electron chi connectivity index (χ4n) is 3.50. The number of carboxylic acids is 2. The number of carbonyl (C=O) groups is 4. The van der Waals surface area contributed by atoms with E-state index in [-0.39, 0.29) is 45.3 Å². The van der Waals surface area contributed by atoms with Gasteiger partial charge in [-0.2, -0.15) is 0 Å². The molecular weight excluding hydrogens is 432 g/mol. The van der Waals surface area contributed by atoms with Crippen LogP contribution in [0.25, 0.3) is 0 Å². The highest BCUT2D eigenvalue weighted by Crippen LogP contribution is 2.14. The van der Waals surface area contributed by atoms with Crippen LogP contribution in [0, 0.1) is 0 Å². The third-order valence-corrected chi connectivity index (χ3v) is 5.19. The molecule has 1 unspecified atom stereocenters. The predicted molar refractivity (Wildman–Crippen MR) is 122 cm³/mol. The monoisotopic (exact) mass is 466 g/mol. The molecule has 1 aromatic rings. The van der Waals surface area contributed by atoms with Gasteiger partial charge in [0.2, 0.25) is 0 Å². The fourth-order valence-corrected chi connectivity index (χ4v) is 3.50. The third kappa shape index (κ3) is 11.4. The van der Waals surface area contributed by atoms with Crippen LogP contribution in [0.15, 0.2) is 24.3 Å². The summed E-state index contributed by atoms with van der Waals surface area (Å²) >= 11 is 0. The number of hydrogen-bond acceptors (Lipinski definition) is 9. The van der Waals surface area contributed by atoms with Crippen LogP contribution >= 0.6 is 0 Å². The van der Waals surface area contributed by atoms with Crippen molar-refractivity contribution >= 4 is 29.9 Å². The molecule has 0 bridgehead atoms. The number of carboxylic acid groups (broad SMARTS) is 2. The first kappa shape index (κ1) is 28.0. The topological polar surface area (TPSA) is 154 Å². The lowest BCUT2D eigenvalue weighted by molar-refractivity contribution is -0.143. The summed E-state index contributed by atoms with van der Waals surface area (Å²) in [4.78, 5) is 50.4. The van der Waals surface area contributed by atoms with Crippen LogP contribution in [0.5, 0.6) is 0 Å². The number of benzene rings is 1. The van der Waals surface area contributed by atoms with E-state index in [9.17, 15) is 24.3 Å². The van der Waals surface area contributed by atoms with Gasteiger partial charge in [0.1, 0.15) is 6.29 Å². The number of likely N-dealkylation sites (N-methyl/N-ethyl adjacent to an activating group) is 1. The predicted octanol–water partition coefficient (Wildman–Crippen LogP) is -0.353. The van der Waals surface area contributed by atoms with Gasteiger partial charge < -0.3 is 25.5 Å². The van der Waals surface area contributed by atoms with Gasteiger partial charge in [0.15, 0.2) is 0 Å². The van der Waals surface area contributed by atoms with E-state index in [4.69, 9.17) is 15.6 Å². The second-order valence-corrected chi connectivity index (χ2v) is 7.66. The summed E-state index contributed by atoms with van der Waals surface area (Å²) in [7, 11) is 1.31. The highest BCUT2D eigenvalue weighted by atomic mass is 16.5. The van der Waals surface area contributed by atoms with Crippen molar-refractivity contribution in [2.45, 2.75) is 19.4 Å². The van der Waals surface area contributed by atoms with Gasteiger partial charge in [-0.15, -0.1) is 0 Å². The zero-order valence-corrected chi connectivity index (χ0v) is 19.2. The van der Waals surface area contributed by atoms with E-state index in [1.165, 1.54) is 12.0 Å². The molecule has 0 fully saturated rings. The van der Waals surface area contributed by atoms with Gasteiger partial charge in [0, 0.05) is 31.4 Å². The molecule has 0 amide bonds. The summed E-state index contributed by atoms with van der Waals surface area (Å²) in [6.45, 7) is 2.58. The van der Waals surface area contributed by atoms with Crippen molar-refractivity contribution < 1.29 is 34.1 Å². The molecule has 33 heavy (non-hydrogen) atoms. The van der Waals surface area contributed by atoms with E-state index >= 15 is 0 Å². The van der Waals surface area contributed by atoms with Crippen LogP contribution in [0.2, 0.25) is 0 Å². The lowest BCUT2D eigenvalue weighted by Crippen LogP contribution is -2.50. The van der Waals surface area contributed by atoms with E-state index in [1.54, 1.807) is 17.0 Å². The standard InChI is InChI=1S/C22H34N4O7/c1-3-26(16-22(32)33-2)19(12-17-4-6-18(23)7-5-17)13-25(15-21(30)31)9-8-24(10-11-27)14-20(28)29/h4-7,11,19H,3,8-10,12-16,23H2,1-2H3,(H,28,29)(H,30,31). The first-order valence-electron chi connectivity index (χ1n) is 10.7. The Kier molecular flexibility index (Phi) is 12.7. The molecule has 0 heterocycles. The van der Waals surface area contributed by atoms with Crippen LogP contribution in [-0.4, -0.2) is 115 Å². The lowest BCUT2D eigenvalue weighted by Gasteiger charge is -2.34. The van der Waals surface area contributed by atoms with E-state index in [0.717, 1.165) is 5.56 Å². The Morgan fingerprint density at radius 3 is 2.12 bits per heavy atom. The molecule has 184 valence electrons. The molecule has 11 nitrogen and oxygen atoms in total. The third-order valence-electron chi connectivity index (χ3n) is 5.19. The summed E-state index contributed by atoms with van der Waals surface area (Å²) in [5, 5.41) is 18.4. The number of nitrogens with zero attached hydrogens (tertiary/aromatic N) is 3. The highest BCUT2D eigenvalue weighted by molar-refractivity contribution is 5.71. The Morgan fingerprint density at radius 2 is 1.61 bits per heavy atom. The summed E-state index contributed by atoms with van der Waals surface area (Å²) < 4.78 is 4.81. The molecule has 1 rings (SSSR count). The van der Waals surface area contributed by atoms with Gasteiger partial charge in [-0.1, -0.05) is 19.1 Å². The maximum Gasteiger partial charge on any atom is 0.319 e. The molecule has 0 aliphatic heterocycles. The molecule has 11 heteroatoms. The molecule has 0 spiro atoms. The number of anilines is 1. The van der Waals surface area contributed by atoms with Gasteiger partial charge in [-0.25, -0.2) is 0 Å². The molecule has 1 aromatic carbocycles. The number of nitrogens with two attached hydrogens (primary N) is 1. The quantitative estimate of drug-likeness (QED) is 0.157. The Labute approximate surface area is 193 Å². The average molecular weight is 467 g/mol. The number of aliphatic carboxylic acids is 2. The van der Waals surface area contributed by atoms with E-state index < -0.39 is 17.9 Å². The van der Waals surface area contributed by atoms with Crippen LogP contribution in [0.4, 0.5) is 5.69 Å². The van der Waals surface area contributed by atoms with Crippen molar-refractivity contribution in [3.8, 4) is 0 Å².